The standard InChI is InChI=1S/C35H47F3N4O7S/c1-22-18-42(23(2)21-43)34(44)30-17-29(40-50(45,46)33-25(4)39-49-26(33)5)14-15-31(30)48-24(3)9-7-8-16-47-32(22)20-41(6)19-27-10-12-28(13-11-27)35(36,37)38/h10-15,17,22-24,32,40,43H,7-9,16,18-21H2,1-6H3/t22-,23-,24-,32-/m1/s1. The zero-order valence-electron chi connectivity index (χ0n) is 29.3. The van der Waals surface area contributed by atoms with Crippen LogP contribution in [0.15, 0.2) is 51.9 Å². The number of aromatic nitrogens is 1. The maximum atomic E-state index is 14.4. The highest BCUT2D eigenvalue weighted by Gasteiger charge is 2.32. The molecule has 0 fully saturated rings. The molecule has 1 aromatic heterocycles. The van der Waals surface area contributed by atoms with Gasteiger partial charge in [-0.25, -0.2) is 8.42 Å². The number of fused-ring (bicyclic) bond motifs is 1. The average Bonchev–Trinajstić information content (AvgIpc) is 3.40. The Labute approximate surface area is 291 Å². The van der Waals surface area contributed by atoms with Crippen LogP contribution in [0.1, 0.15) is 73.0 Å². The number of hydrogen-bond acceptors (Lipinski definition) is 9. The number of nitrogens with zero attached hydrogens (tertiary/aromatic N) is 3. The number of sulfonamides is 1. The van der Waals surface area contributed by atoms with Crippen LogP contribution in [-0.2, 0) is 27.5 Å². The first-order chi connectivity index (χ1) is 23.5. The number of likely N-dealkylation sites (N-methyl/N-ethyl adjacent to an activating group) is 1. The van der Waals surface area contributed by atoms with Crippen molar-refractivity contribution in [3.8, 4) is 5.75 Å². The van der Waals surface area contributed by atoms with Gasteiger partial charge in [-0.1, -0.05) is 24.2 Å². The number of nitrogens with one attached hydrogen (secondary N) is 1. The van der Waals surface area contributed by atoms with Crippen molar-refractivity contribution in [1.82, 2.24) is 15.0 Å². The number of benzene rings is 2. The minimum atomic E-state index is -4.41. The molecule has 0 saturated heterocycles. The molecule has 2 aromatic carbocycles. The van der Waals surface area contributed by atoms with Gasteiger partial charge in [0, 0.05) is 37.8 Å². The lowest BCUT2D eigenvalue weighted by Crippen LogP contribution is -2.47. The second-order valence-corrected chi connectivity index (χ2v) is 14.8. The lowest BCUT2D eigenvalue weighted by Gasteiger charge is -2.36. The Morgan fingerprint density at radius 3 is 2.44 bits per heavy atom. The molecular weight excluding hydrogens is 677 g/mol. The summed E-state index contributed by atoms with van der Waals surface area (Å²) in [7, 11) is -2.25. The zero-order chi connectivity index (χ0) is 36.8. The first-order valence-electron chi connectivity index (χ1n) is 16.6. The second-order valence-electron chi connectivity index (χ2n) is 13.2. The summed E-state index contributed by atoms with van der Waals surface area (Å²) in [6, 6.07) is 8.97. The third kappa shape index (κ3) is 9.98. The number of anilines is 1. The maximum absolute atomic E-state index is 14.4. The average molecular weight is 725 g/mol. The molecule has 50 heavy (non-hydrogen) atoms. The molecule has 1 aliphatic rings. The van der Waals surface area contributed by atoms with E-state index in [9.17, 15) is 31.5 Å². The van der Waals surface area contributed by atoms with Gasteiger partial charge in [0.25, 0.3) is 15.9 Å². The fraction of sp³-hybridized carbons (Fsp3) is 0.543. The SMILES string of the molecule is Cc1noc(C)c1S(=O)(=O)Nc1ccc2c(c1)C(=O)N([C@H](C)CO)C[C@@H](C)[C@@H](CN(C)Cc1ccc(C(F)(F)F)cc1)OCCCC[C@@H](C)O2. The highest BCUT2D eigenvalue weighted by atomic mass is 32.2. The summed E-state index contributed by atoms with van der Waals surface area (Å²) in [4.78, 5) is 17.8. The van der Waals surface area contributed by atoms with E-state index in [2.05, 4.69) is 9.88 Å². The monoisotopic (exact) mass is 724 g/mol. The van der Waals surface area contributed by atoms with Crippen LogP contribution < -0.4 is 9.46 Å². The zero-order valence-corrected chi connectivity index (χ0v) is 30.1. The van der Waals surface area contributed by atoms with Crippen molar-refractivity contribution in [3.63, 3.8) is 0 Å². The molecule has 2 N–H and O–H groups in total. The molecule has 276 valence electrons. The van der Waals surface area contributed by atoms with E-state index in [0.29, 0.717) is 31.7 Å². The summed E-state index contributed by atoms with van der Waals surface area (Å²) >= 11 is 0. The summed E-state index contributed by atoms with van der Waals surface area (Å²) in [6.45, 7) is 9.70. The number of ether oxygens (including phenoxy) is 2. The van der Waals surface area contributed by atoms with Crippen LogP contribution in [0.5, 0.6) is 5.75 Å². The number of aliphatic hydroxyl groups is 1. The van der Waals surface area contributed by atoms with Gasteiger partial charge >= 0.3 is 6.18 Å². The third-order valence-electron chi connectivity index (χ3n) is 8.77. The number of carbonyl (C=O) groups is 1. The first-order valence-corrected chi connectivity index (χ1v) is 18.1. The number of halogens is 3. The van der Waals surface area contributed by atoms with E-state index < -0.39 is 33.7 Å². The lowest BCUT2D eigenvalue weighted by molar-refractivity contribution is -0.137. The van der Waals surface area contributed by atoms with E-state index in [-0.39, 0.29) is 64.6 Å². The van der Waals surface area contributed by atoms with Crippen LogP contribution in [0.3, 0.4) is 0 Å². The Bertz CT molecular complexity index is 1680. The predicted octanol–water partition coefficient (Wildman–Crippen LogP) is 6.04. The van der Waals surface area contributed by atoms with Crippen LogP contribution in [0.25, 0.3) is 0 Å². The predicted molar refractivity (Wildman–Crippen MR) is 181 cm³/mol. The highest BCUT2D eigenvalue weighted by Crippen LogP contribution is 2.31. The van der Waals surface area contributed by atoms with E-state index in [1.807, 2.05) is 25.8 Å². The minimum Gasteiger partial charge on any atom is -0.490 e. The number of carbonyl (C=O) groups excluding carboxylic acids is 1. The van der Waals surface area contributed by atoms with Crippen molar-refractivity contribution < 1.29 is 45.5 Å². The number of aliphatic hydroxyl groups excluding tert-OH is 1. The molecule has 0 unspecified atom stereocenters. The van der Waals surface area contributed by atoms with E-state index >= 15 is 0 Å². The molecule has 4 atom stereocenters. The van der Waals surface area contributed by atoms with Crippen LogP contribution in [0.4, 0.5) is 18.9 Å². The van der Waals surface area contributed by atoms with Gasteiger partial charge in [-0.05, 0) is 89.9 Å². The molecule has 3 aromatic rings. The van der Waals surface area contributed by atoms with Crippen LogP contribution in [0.2, 0.25) is 0 Å². The Hall–Kier alpha value is -3.66. The first kappa shape index (κ1) is 39.1. The largest absolute Gasteiger partial charge is 0.490 e. The minimum absolute atomic E-state index is 0.0903. The summed E-state index contributed by atoms with van der Waals surface area (Å²) < 4.78 is 86.0. The van der Waals surface area contributed by atoms with Crippen molar-refractivity contribution in [1.29, 1.82) is 0 Å². The molecule has 1 amide bonds. The van der Waals surface area contributed by atoms with Gasteiger partial charge in [0.2, 0.25) is 0 Å². The number of hydrogen-bond donors (Lipinski definition) is 2. The molecule has 11 nitrogen and oxygen atoms in total. The Balaban J connectivity index is 1.62. The van der Waals surface area contributed by atoms with Crippen LogP contribution in [0, 0.1) is 19.8 Å². The van der Waals surface area contributed by atoms with E-state index in [0.717, 1.165) is 25.0 Å². The van der Waals surface area contributed by atoms with Gasteiger partial charge in [-0.15, -0.1) is 0 Å². The smallest absolute Gasteiger partial charge is 0.416 e. The summed E-state index contributed by atoms with van der Waals surface area (Å²) in [5.74, 6) is -0.296. The Morgan fingerprint density at radius 2 is 1.82 bits per heavy atom. The molecule has 4 rings (SSSR count). The van der Waals surface area contributed by atoms with Crippen LogP contribution in [-0.4, -0.2) is 86.0 Å². The fourth-order valence-electron chi connectivity index (χ4n) is 6.00. The van der Waals surface area contributed by atoms with Crippen molar-refractivity contribution in [2.24, 2.45) is 5.92 Å². The molecule has 2 heterocycles. The highest BCUT2D eigenvalue weighted by molar-refractivity contribution is 7.92. The summed E-state index contributed by atoms with van der Waals surface area (Å²) in [5, 5.41) is 14.0. The van der Waals surface area contributed by atoms with Gasteiger partial charge in [-0.3, -0.25) is 14.4 Å². The molecule has 1 aliphatic heterocycles. The molecule has 0 radical (unpaired) electrons. The number of aryl methyl sites for hydroxylation is 2. The quantitative estimate of drug-likeness (QED) is 0.271. The third-order valence-corrected chi connectivity index (χ3v) is 10.4. The van der Waals surface area contributed by atoms with Crippen molar-refractivity contribution in [3.05, 3.63) is 70.6 Å². The Kier molecular flexibility index (Phi) is 13.0. The van der Waals surface area contributed by atoms with E-state index in [4.69, 9.17) is 14.0 Å². The van der Waals surface area contributed by atoms with E-state index in [1.165, 1.54) is 43.0 Å². The van der Waals surface area contributed by atoms with Crippen molar-refractivity contribution >= 4 is 21.6 Å². The van der Waals surface area contributed by atoms with Gasteiger partial charge < -0.3 is 24.0 Å². The summed E-state index contributed by atoms with van der Waals surface area (Å²) in [6.07, 6.45) is -2.84. The van der Waals surface area contributed by atoms with Gasteiger partial charge in [0.15, 0.2) is 10.7 Å². The molecule has 0 bridgehead atoms. The summed E-state index contributed by atoms with van der Waals surface area (Å²) in [5.41, 5.74) is 0.453. The van der Waals surface area contributed by atoms with Gasteiger partial charge in [-0.2, -0.15) is 13.2 Å². The topological polar surface area (TPSA) is 134 Å². The van der Waals surface area contributed by atoms with Crippen molar-refractivity contribution in [2.45, 2.75) is 89.7 Å². The van der Waals surface area contributed by atoms with Crippen LogP contribution >= 0.6 is 0 Å². The molecule has 0 spiro atoms. The molecule has 0 aliphatic carbocycles. The Morgan fingerprint density at radius 1 is 1.12 bits per heavy atom. The number of alkyl halides is 3. The normalized spacial score (nSPS) is 20.6. The fourth-order valence-corrected chi connectivity index (χ4v) is 7.38. The maximum Gasteiger partial charge on any atom is 0.416 e. The lowest BCUT2D eigenvalue weighted by atomic mass is 10.0. The molecular formula is C35H47F3N4O7S. The van der Waals surface area contributed by atoms with Gasteiger partial charge in [0.05, 0.1) is 36.0 Å². The second kappa shape index (κ2) is 16.6. The van der Waals surface area contributed by atoms with Crippen molar-refractivity contribution in [2.75, 3.05) is 38.1 Å². The molecule has 0 saturated carbocycles. The number of rotatable bonds is 9. The van der Waals surface area contributed by atoms with Gasteiger partial charge in [0.1, 0.15) is 11.4 Å². The van der Waals surface area contributed by atoms with E-state index in [1.54, 1.807) is 13.0 Å². The number of amides is 1. The molecule has 15 heteroatoms.